The standard InChI is InChI=1S/C21H24N4O5S/c1-15(14-17-6-5-13-29-17)22-20(26)21-23-19(24-30-21)16-7-9-18(10-8-16)31(27,28)25-11-3-2-4-12-25/h5-10,13,15H,2-4,11-12,14H2,1H3,(H,22,26)/t15-/m1/s1. The second kappa shape index (κ2) is 9.03. The van der Waals surface area contributed by atoms with Gasteiger partial charge in [0.1, 0.15) is 5.76 Å². The van der Waals surface area contributed by atoms with Gasteiger partial charge in [-0.2, -0.15) is 9.29 Å². The van der Waals surface area contributed by atoms with Crippen LogP contribution in [0.4, 0.5) is 0 Å². The van der Waals surface area contributed by atoms with Crippen molar-refractivity contribution in [2.45, 2.75) is 43.5 Å². The largest absolute Gasteiger partial charge is 0.469 e. The number of hydrogen-bond donors (Lipinski definition) is 1. The van der Waals surface area contributed by atoms with E-state index in [1.54, 1.807) is 24.5 Å². The minimum atomic E-state index is -3.51. The zero-order valence-corrected chi connectivity index (χ0v) is 18.0. The lowest BCUT2D eigenvalue weighted by Crippen LogP contribution is -2.35. The number of nitrogens with zero attached hydrogens (tertiary/aromatic N) is 3. The van der Waals surface area contributed by atoms with Gasteiger partial charge in [0.25, 0.3) is 0 Å². The molecule has 1 N–H and O–H groups in total. The fraction of sp³-hybridized carbons (Fsp3) is 0.381. The summed E-state index contributed by atoms with van der Waals surface area (Å²) in [7, 11) is -3.51. The van der Waals surface area contributed by atoms with Crippen LogP contribution in [-0.4, -0.2) is 47.9 Å². The maximum atomic E-state index is 12.8. The molecule has 10 heteroatoms. The Morgan fingerprint density at radius 3 is 2.58 bits per heavy atom. The van der Waals surface area contributed by atoms with Gasteiger partial charge in [0, 0.05) is 31.1 Å². The molecule has 1 aliphatic heterocycles. The Kier molecular flexibility index (Phi) is 6.19. The molecule has 1 atom stereocenters. The highest BCUT2D eigenvalue weighted by atomic mass is 32.2. The smallest absolute Gasteiger partial charge is 0.316 e. The molecular formula is C21H24N4O5S. The number of carbonyl (C=O) groups excluding carboxylic acids is 1. The van der Waals surface area contributed by atoms with Crippen molar-refractivity contribution in [3.8, 4) is 11.4 Å². The van der Waals surface area contributed by atoms with Crippen LogP contribution in [0.1, 0.15) is 42.6 Å². The van der Waals surface area contributed by atoms with Crippen LogP contribution >= 0.6 is 0 Å². The molecule has 0 spiro atoms. The Balaban J connectivity index is 1.42. The zero-order chi connectivity index (χ0) is 21.8. The summed E-state index contributed by atoms with van der Waals surface area (Å²) in [6, 6.07) is 9.72. The highest BCUT2D eigenvalue weighted by Gasteiger charge is 2.26. The Morgan fingerprint density at radius 2 is 1.90 bits per heavy atom. The van der Waals surface area contributed by atoms with Crippen molar-refractivity contribution < 1.29 is 22.2 Å². The van der Waals surface area contributed by atoms with Gasteiger partial charge in [0.2, 0.25) is 15.8 Å². The number of furan rings is 1. The second-order valence-electron chi connectivity index (χ2n) is 7.57. The van der Waals surface area contributed by atoms with E-state index in [0.29, 0.717) is 25.1 Å². The molecule has 31 heavy (non-hydrogen) atoms. The Morgan fingerprint density at radius 1 is 1.16 bits per heavy atom. The molecule has 164 valence electrons. The molecule has 4 rings (SSSR count). The normalized spacial score (nSPS) is 16.2. The van der Waals surface area contributed by atoms with Crippen molar-refractivity contribution in [1.82, 2.24) is 19.8 Å². The van der Waals surface area contributed by atoms with Crippen LogP contribution in [0.5, 0.6) is 0 Å². The molecule has 1 saturated heterocycles. The molecule has 0 unspecified atom stereocenters. The third-order valence-electron chi connectivity index (χ3n) is 5.15. The molecule has 1 fully saturated rings. The quantitative estimate of drug-likeness (QED) is 0.595. The molecule has 3 heterocycles. The van der Waals surface area contributed by atoms with Crippen LogP contribution in [-0.2, 0) is 16.4 Å². The van der Waals surface area contributed by atoms with E-state index in [-0.39, 0.29) is 22.7 Å². The van der Waals surface area contributed by atoms with Gasteiger partial charge in [-0.05, 0) is 56.2 Å². The van der Waals surface area contributed by atoms with Crippen molar-refractivity contribution >= 4 is 15.9 Å². The number of carbonyl (C=O) groups is 1. The van der Waals surface area contributed by atoms with Crippen LogP contribution in [0.15, 0.2) is 56.5 Å². The van der Waals surface area contributed by atoms with Crippen LogP contribution < -0.4 is 5.32 Å². The predicted octanol–water partition coefficient (Wildman–Crippen LogP) is 2.87. The molecule has 3 aromatic rings. The topological polar surface area (TPSA) is 119 Å². The number of hydrogen-bond acceptors (Lipinski definition) is 7. The summed E-state index contributed by atoms with van der Waals surface area (Å²) in [5.74, 6) is 0.331. The number of rotatable bonds is 7. The third kappa shape index (κ3) is 4.86. The number of piperidine rings is 1. The SMILES string of the molecule is C[C@H](Cc1ccco1)NC(=O)c1nc(-c2ccc(S(=O)(=O)N3CCCCC3)cc2)no1. The minimum absolute atomic E-state index is 0.161. The van der Waals surface area contributed by atoms with Gasteiger partial charge in [0.15, 0.2) is 0 Å². The van der Waals surface area contributed by atoms with Crippen LogP contribution in [0, 0.1) is 0 Å². The molecule has 9 nitrogen and oxygen atoms in total. The molecule has 2 aromatic heterocycles. The van der Waals surface area contributed by atoms with Crippen LogP contribution in [0.3, 0.4) is 0 Å². The fourth-order valence-corrected chi connectivity index (χ4v) is 5.05. The number of nitrogens with one attached hydrogen (secondary N) is 1. The fourth-order valence-electron chi connectivity index (χ4n) is 3.53. The van der Waals surface area contributed by atoms with E-state index in [2.05, 4.69) is 15.5 Å². The third-order valence-corrected chi connectivity index (χ3v) is 7.06. The lowest BCUT2D eigenvalue weighted by molar-refractivity contribution is 0.0895. The number of aromatic nitrogens is 2. The van der Waals surface area contributed by atoms with E-state index >= 15 is 0 Å². The Bertz CT molecular complexity index is 1120. The van der Waals surface area contributed by atoms with E-state index in [4.69, 9.17) is 8.94 Å². The van der Waals surface area contributed by atoms with E-state index in [1.165, 1.54) is 16.4 Å². The Hall–Kier alpha value is -2.98. The van der Waals surface area contributed by atoms with E-state index in [1.807, 2.05) is 13.0 Å². The second-order valence-corrected chi connectivity index (χ2v) is 9.51. The lowest BCUT2D eigenvalue weighted by Gasteiger charge is -2.25. The highest BCUT2D eigenvalue weighted by molar-refractivity contribution is 7.89. The van der Waals surface area contributed by atoms with Crippen molar-refractivity contribution in [3.05, 3.63) is 54.3 Å². The summed E-state index contributed by atoms with van der Waals surface area (Å²) in [5.41, 5.74) is 0.559. The van der Waals surface area contributed by atoms with Gasteiger partial charge >= 0.3 is 11.8 Å². The summed E-state index contributed by atoms with van der Waals surface area (Å²) < 4.78 is 37.4. The molecule has 1 aliphatic rings. The van der Waals surface area contributed by atoms with Gasteiger partial charge in [0.05, 0.1) is 11.2 Å². The van der Waals surface area contributed by atoms with Crippen LogP contribution in [0.2, 0.25) is 0 Å². The van der Waals surface area contributed by atoms with E-state index in [0.717, 1.165) is 25.0 Å². The van der Waals surface area contributed by atoms with Crippen molar-refractivity contribution in [2.24, 2.45) is 0 Å². The number of amides is 1. The molecule has 1 aromatic carbocycles. The summed E-state index contributed by atoms with van der Waals surface area (Å²) in [6.07, 6.45) is 4.93. The van der Waals surface area contributed by atoms with Crippen LogP contribution in [0.25, 0.3) is 11.4 Å². The number of sulfonamides is 1. The van der Waals surface area contributed by atoms with E-state index < -0.39 is 15.9 Å². The average Bonchev–Trinajstić information content (AvgIpc) is 3.47. The first kappa shape index (κ1) is 21.3. The summed E-state index contributed by atoms with van der Waals surface area (Å²) in [4.78, 5) is 16.7. The van der Waals surface area contributed by atoms with E-state index in [9.17, 15) is 13.2 Å². The zero-order valence-electron chi connectivity index (χ0n) is 17.2. The van der Waals surface area contributed by atoms with Gasteiger partial charge in [-0.1, -0.05) is 11.6 Å². The average molecular weight is 445 g/mol. The maximum Gasteiger partial charge on any atom is 0.316 e. The summed E-state index contributed by atoms with van der Waals surface area (Å²) in [6.45, 7) is 2.94. The molecule has 0 bridgehead atoms. The number of benzene rings is 1. The molecule has 1 amide bonds. The lowest BCUT2D eigenvalue weighted by atomic mass is 10.2. The van der Waals surface area contributed by atoms with Gasteiger partial charge in [-0.15, -0.1) is 0 Å². The monoisotopic (exact) mass is 444 g/mol. The molecule has 0 radical (unpaired) electrons. The van der Waals surface area contributed by atoms with Gasteiger partial charge in [-0.25, -0.2) is 8.42 Å². The van der Waals surface area contributed by atoms with Crippen molar-refractivity contribution in [3.63, 3.8) is 0 Å². The molecule has 0 saturated carbocycles. The van der Waals surface area contributed by atoms with Gasteiger partial charge < -0.3 is 14.3 Å². The first-order valence-corrected chi connectivity index (χ1v) is 11.6. The Labute approximate surface area is 180 Å². The van der Waals surface area contributed by atoms with Crippen molar-refractivity contribution in [2.75, 3.05) is 13.1 Å². The van der Waals surface area contributed by atoms with Crippen molar-refractivity contribution in [1.29, 1.82) is 0 Å². The first-order chi connectivity index (χ1) is 14.9. The summed E-state index contributed by atoms with van der Waals surface area (Å²) in [5, 5.41) is 6.63. The predicted molar refractivity (Wildman–Crippen MR) is 112 cm³/mol. The molecule has 0 aliphatic carbocycles. The first-order valence-electron chi connectivity index (χ1n) is 10.2. The van der Waals surface area contributed by atoms with Gasteiger partial charge in [-0.3, -0.25) is 4.79 Å². The summed E-state index contributed by atoms with van der Waals surface area (Å²) >= 11 is 0. The highest BCUT2D eigenvalue weighted by Crippen LogP contribution is 2.23. The maximum absolute atomic E-state index is 12.8. The minimum Gasteiger partial charge on any atom is -0.469 e. The molecular weight excluding hydrogens is 420 g/mol.